The van der Waals surface area contributed by atoms with Crippen molar-refractivity contribution in [3.63, 3.8) is 0 Å². The van der Waals surface area contributed by atoms with E-state index in [9.17, 15) is 19.2 Å². The predicted molar refractivity (Wildman–Crippen MR) is 222 cm³/mol. The van der Waals surface area contributed by atoms with Crippen LogP contribution in [0.25, 0.3) is 33.6 Å². The monoisotopic (exact) mass is 794 g/mol. The molecule has 4 N–H and O–H groups in total. The normalized spacial score (nSPS) is 17.8. The molecule has 0 spiro atoms. The summed E-state index contributed by atoms with van der Waals surface area (Å²) in [6, 6.07) is 6.90. The lowest BCUT2D eigenvalue weighted by molar-refractivity contribution is -0.136. The molecule has 1 unspecified atom stereocenters. The molecule has 4 amide bonds. The van der Waals surface area contributed by atoms with Gasteiger partial charge in [0.1, 0.15) is 23.7 Å². The molecule has 4 atom stereocenters. The zero-order valence-electron chi connectivity index (χ0n) is 35.4. The second-order valence-electron chi connectivity index (χ2n) is 16.4. The Labute approximate surface area is 340 Å². The zero-order chi connectivity index (χ0) is 42.0. The van der Waals surface area contributed by atoms with Crippen LogP contribution in [-0.2, 0) is 19.1 Å². The first-order valence-electron chi connectivity index (χ1n) is 20.3. The molecular formula is C44H58N8O6. The van der Waals surface area contributed by atoms with Crippen LogP contribution in [0.4, 0.5) is 9.59 Å². The number of H-pyrrole nitrogens is 2. The summed E-state index contributed by atoms with van der Waals surface area (Å²) in [5, 5.41) is 5.42. The third-order valence-electron chi connectivity index (χ3n) is 11.6. The highest BCUT2D eigenvalue weighted by Crippen LogP contribution is 2.39. The maximum atomic E-state index is 13.7. The molecule has 58 heavy (non-hydrogen) atoms. The predicted octanol–water partition coefficient (Wildman–Crippen LogP) is 7.46. The smallest absolute Gasteiger partial charge is 0.407 e. The second-order valence-corrected chi connectivity index (χ2v) is 16.4. The van der Waals surface area contributed by atoms with E-state index in [2.05, 4.69) is 72.6 Å². The number of hydrogen-bond acceptors (Lipinski definition) is 8. The maximum absolute atomic E-state index is 13.7. The molecule has 2 aromatic carbocycles. The lowest BCUT2D eigenvalue weighted by atomic mass is 9.86. The molecule has 14 nitrogen and oxygen atoms in total. The fraction of sp³-hybridized carbons (Fsp3) is 0.500. The lowest BCUT2D eigenvalue weighted by Gasteiger charge is -2.30. The minimum Gasteiger partial charge on any atom is -0.453 e. The molecule has 2 fully saturated rings. The van der Waals surface area contributed by atoms with Crippen molar-refractivity contribution in [2.75, 3.05) is 27.3 Å². The number of benzene rings is 2. The Morgan fingerprint density at radius 3 is 1.29 bits per heavy atom. The molecule has 4 heterocycles. The Balaban J connectivity index is 1.21. The molecule has 0 radical (unpaired) electrons. The van der Waals surface area contributed by atoms with Crippen LogP contribution in [0.5, 0.6) is 0 Å². The third-order valence-corrected chi connectivity index (χ3v) is 11.6. The van der Waals surface area contributed by atoms with Gasteiger partial charge in [-0.3, -0.25) is 9.59 Å². The molecule has 4 aromatic rings. The summed E-state index contributed by atoms with van der Waals surface area (Å²) in [4.78, 5) is 71.6. The van der Waals surface area contributed by atoms with Crippen LogP contribution >= 0.6 is 0 Å². The number of imidazole rings is 2. The number of nitrogens with one attached hydrogen (secondary N) is 4. The summed E-state index contributed by atoms with van der Waals surface area (Å²) in [5.41, 5.74) is 10.7. The Morgan fingerprint density at radius 1 is 0.638 bits per heavy atom. The number of rotatable bonds is 11. The van der Waals surface area contributed by atoms with Crippen molar-refractivity contribution >= 4 is 24.0 Å². The van der Waals surface area contributed by atoms with Crippen molar-refractivity contribution in [3.05, 3.63) is 70.6 Å². The summed E-state index contributed by atoms with van der Waals surface area (Å²) in [6.07, 6.45) is 5.67. The van der Waals surface area contributed by atoms with Crippen LogP contribution in [0.1, 0.15) is 99.4 Å². The summed E-state index contributed by atoms with van der Waals surface area (Å²) >= 11 is 0. The Bertz CT molecular complexity index is 1970. The first-order valence-corrected chi connectivity index (χ1v) is 20.3. The number of aryl methyl sites for hydroxylation is 4. The van der Waals surface area contributed by atoms with Crippen molar-refractivity contribution in [1.29, 1.82) is 0 Å². The molecule has 2 aliphatic rings. The summed E-state index contributed by atoms with van der Waals surface area (Å²) < 4.78 is 9.56. The fourth-order valence-electron chi connectivity index (χ4n) is 8.72. The van der Waals surface area contributed by atoms with Gasteiger partial charge < -0.3 is 39.9 Å². The second kappa shape index (κ2) is 17.5. The van der Waals surface area contributed by atoms with Gasteiger partial charge in [0.15, 0.2) is 0 Å². The molecule has 14 heteroatoms. The molecule has 2 saturated heterocycles. The van der Waals surface area contributed by atoms with Gasteiger partial charge in [-0.2, -0.15) is 0 Å². The van der Waals surface area contributed by atoms with Crippen molar-refractivity contribution in [2.45, 2.75) is 105 Å². The van der Waals surface area contributed by atoms with Gasteiger partial charge >= 0.3 is 12.2 Å². The van der Waals surface area contributed by atoms with E-state index in [0.29, 0.717) is 13.1 Å². The van der Waals surface area contributed by atoms with Crippen molar-refractivity contribution in [3.8, 4) is 33.6 Å². The topological polar surface area (TPSA) is 175 Å². The molecule has 310 valence electrons. The van der Waals surface area contributed by atoms with Gasteiger partial charge in [0.2, 0.25) is 11.8 Å². The molecule has 2 aromatic heterocycles. The Kier molecular flexibility index (Phi) is 12.6. The number of alkyl carbamates (subject to hydrolysis) is 2. The summed E-state index contributed by atoms with van der Waals surface area (Å²) in [6.45, 7) is 17.3. The molecule has 6 rings (SSSR count). The van der Waals surface area contributed by atoms with Gasteiger partial charge in [0.25, 0.3) is 0 Å². The van der Waals surface area contributed by atoms with Crippen LogP contribution in [0.15, 0.2) is 36.7 Å². The van der Waals surface area contributed by atoms with Gasteiger partial charge in [-0.1, -0.05) is 27.7 Å². The SMILES string of the molecule is COC(=O)N[C@H](C(=O)N1CCCC1c1ncc(-c2cc(C)c(-c3c(C)cc(-c4cnc([C@@H]5CCCN5C(=O)[C@@H](NC(=O)OC)C(C)C)[nH]4)cc3C)c(C)c2)[nH]1)C(C)C. The number of aromatic amines is 2. The van der Waals surface area contributed by atoms with Gasteiger partial charge in [0.05, 0.1) is 50.1 Å². The van der Waals surface area contributed by atoms with Crippen LogP contribution in [0.2, 0.25) is 0 Å². The van der Waals surface area contributed by atoms with Crippen molar-refractivity contribution < 1.29 is 28.7 Å². The Morgan fingerprint density at radius 2 is 0.983 bits per heavy atom. The number of carbonyl (C=O) groups is 4. The number of amides is 4. The van der Waals surface area contributed by atoms with E-state index >= 15 is 0 Å². The number of likely N-dealkylation sites (tertiary alicyclic amines) is 2. The average Bonchev–Trinajstić information content (AvgIpc) is 4.02. The molecular weight excluding hydrogens is 737 g/mol. The van der Waals surface area contributed by atoms with E-state index in [0.717, 1.165) is 82.1 Å². The van der Waals surface area contributed by atoms with E-state index in [4.69, 9.17) is 19.4 Å². The van der Waals surface area contributed by atoms with Crippen LogP contribution in [-0.4, -0.2) is 93.1 Å². The summed E-state index contributed by atoms with van der Waals surface area (Å²) in [7, 11) is 2.59. The summed E-state index contributed by atoms with van der Waals surface area (Å²) in [5.74, 6) is 0.960. The van der Waals surface area contributed by atoms with Crippen molar-refractivity contribution in [2.24, 2.45) is 11.8 Å². The van der Waals surface area contributed by atoms with Gasteiger partial charge in [-0.15, -0.1) is 0 Å². The first kappa shape index (κ1) is 42.0. The number of ether oxygens (including phenoxy) is 2. The quantitative estimate of drug-likeness (QED) is 0.121. The van der Waals surface area contributed by atoms with E-state index in [-0.39, 0.29) is 35.7 Å². The molecule has 0 bridgehead atoms. The first-order chi connectivity index (χ1) is 27.6. The fourth-order valence-corrected chi connectivity index (χ4v) is 8.72. The standard InChI is InChI=1S/C44H58N8O6/c1-23(2)37(49-43(55)57-9)41(53)51-15-11-13-33(51)39-45-21-31(47-39)29-17-25(5)35(26(6)18-29)36-27(7)19-30(20-28(36)8)32-22-46-40(48-32)34-14-12-16-52(34)42(54)38(24(3)4)50-44(56)58-10/h17-24,33-34,37-38H,11-16H2,1-10H3,(H,45,47)(H,46,48)(H,49,55)(H,50,56)/t33-,34?,37-,38-/m0/s1. The van der Waals surface area contributed by atoms with Crippen LogP contribution < -0.4 is 10.6 Å². The van der Waals surface area contributed by atoms with E-state index in [1.807, 2.05) is 49.9 Å². The molecule has 0 saturated carbocycles. The highest BCUT2D eigenvalue weighted by atomic mass is 16.5. The lowest BCUT2D eigenvalue weighted by Crippen LogP contribution is -2.51. The average molecular weight is 795 g/mol. The number of aromatic nitrogens is 4. The zero-order valence-corrected chi connectivity index (χ0v) is 35.4. The number of carbonyl (C=O) groups excluding carboxylic acids is 4. The van der Waals surface area contributed by atoms with E-state index in [1.165, 1.54) is 25.3 Å². The van der Waals surface area contributed by atoms with E-state index < -0.39 is 24.3 Å². The highest BCUT2D eigenvalue weighted by molar-refractivity contribution is 5.87. The third kappa shape index (κ3) is 8.46. The van der Waals surface area contributed by atoms with E-state index in [1.54, 1.807) is 0 Å². The van der Waals surface area contributed by atoms with Gasteiger partial charge in [0, 0.05) is 24.2 Å². The van der Waals surface area contributed by atoms with Crippen molar-refractivity contribution in [1.82, 2.24) is 40.4 Å². The number of methoxy groups -OCH3 is 2. The highest BCUT2D eigenvalue weighted by Gasteiger charge is 2.39. The van der Waals surface area contributed by atoms with Crippen LogP contribution in [0.3, 0.4) is 0 Å². The minimum atomic E-state index is -0.694. The minimum absolute atomic E-state index is 0.110. The number of hydrogen-bond donors (Lipinski definition) is 4. The molecule has 0 aliphatic carbocycles. The van der Waals surface area contributed by atoms with Crippen LogP contribution in [0, 0.1) is 39.5 Å². The molecule has 2 aliphatic heterocycles. The van der Waals surface area contributed by atoms with Gasteiger partial charge in [-0.05, 0) is 123 Å². The Hall–Kier alpha value is -5.66. The number of nitrogens with zero attached hydrogens (tertiary/aromatic N) is 4. The largest absolute Gasteiger partial charge is 0.453 e. The van der Waals surface area contributed by atoms with Gasteiger partial charge in [-0.25, -0.2) is 19.6 Å². The maximum Gasteiger partial charge on any atom is 0.407 e.